The molecule has 3 saturated heterocycles. The maximum absolute atomic E-state index is 13.0. The van der Waals surface area contributed by atoms with Crippen LogP contribution in [-0.2, 0) is 18.8 Å². The topological polar surface area (TPSA) is 164 Å². The second-order valence-corrected chi connectivity index (χ2v) is 12.9. The second-order valence-electron chi connectivity index (χ2n) is 12.9. The molecule has 7 rings (SSSR count). The third-order valence-electron chi connectivity index (χ3n) is 9.53. The van der Waals surface area contributed by atoms with Crippen molar-refractivity contribution < 1.29 is 39.3 Å². The lowest BCUT2D eigenvalue weighted by Gasteiger charge is -2.47. The van der Waals surface area contributed by atoms with Gasteiger partial charge in [-0.3, -0.25) is 9.69 Å². The Morgan fingerprint density at radius 1 is 1.06 bits per heavy atom. The van der Waals surface area contributed by atoms with Crippen LogP contribution in [0.1, 0.15) is 11.1 Å². The van der Waals surface area contributed by atoms with Gasteiger partial charge >= 0.3 is 7.12 Å². The van der Waals surface area contributed by atoms with Gasteiger partial charge in [-0.15, -0.1) is 0 Å². The monoisotopic (exact) mass is 669 g/mol. The normalized spacial score (nSPS) is 25.4. The number of aliphatic hydroxyl groups is 3. The Bertz CT molecular complexity index is 1830. The average Bonchev–Trinajstić information content (AvgIpc) is 3.44. The average molecular weight is 670 g/mol. The second kappa shape index (κ2) is 13.7. The van der Waals surface area contributed by atoms with Gasteiger partial charge < -0.3 is 49.3 Å². The number of hydrogen-bond acceptors (Lipinski definition) is 11. The minimum Gasteiger partial charge on any atom is -0.494 e. The zero-order valence-electron chi connectivity index (χ0n) is 27.4. The summed E-state index contributed by atoms with van der Waals surface area (Å²) in [5.74, 6) is -1.94. The van der Waals surface area contributed by atoms with Crippen LogP contribution in [0.4, 0.5) is 11.4 Å². The van der Waals surface area contributed by atoms with Crippen molar-refractivity contribution >= 4 is 46.5 Å². The van der Waals surface area contributed by atoms with E-state index in [9.17, 15) is 25.2 Å². The van der Waals surface area contributed by atoms with Crippen LogP contribution in [0.5, 0.6) is 5.88 Å². The number of aromatic nitrogens is 1. The van der Waals surface area contributed by atoms with Crippen molar-refractivity contribution in [3.05, 3.63) is 83.9 Å². The van der Waals surface area contributed by atoms with Gasteiger partial charge in [0, 0.05) is 55.4 Å². The van der Waals surface area contributed by atoms with Crippen LogP contribution < -0.4 is 10.4 Å². The molecule has 0 radical (unpaired) electrons. The molecule has 4 atom stereocenters. The minimum atomic E-state index is -1.88. The number of rotatable bonds is 7. The molecule has 14 heteroatoms. The molecule has 3 aliphatic rings. The van der Waals surface area contributed by atoms with Crippen LogP contribution in [-0.4, -0.2) is 138 Å². The number of carbonyl (C=O) groups excluding carboxylic acids is 1. The van der Waals surface area contributed by atoms with E-state index in [2.05, 4.69) is 21.8 Å². The zero-order chi connectivity index (χ0) is 34.3. The number of ether oxygens (including phenoxy) is 1. The summed E-state index contributed by atoms with van der Waals surface area (Å²) in [5, 5.41) is 43.3. The first-order valence-electron chi connectivity index (χ1n) is 16.4. The summed E-state index contributed by atoms with van der Waals surface area (Å²) in [6, 6.07) is 22.3. The highest BCUT2D eigenvalue weighted by molar-refractivity contribution is 6.61. The number of piperazine rings is 1. The van der Waals surface area contributed by atoms with Gasteiger partial charge in [-0.1, -0.05) is 42.5 Å². The third-order valence-corrected chi connectivity index (χ3v) is 9.53. The molecule has 1 aromatic heterocycles. The van der Waals surface area contributed by atoms with Gasteiger partial charge in [0.15, 0.2) is 5.88 Å². The summed E-state index contributed by atoms with van der Waals surface area (Å²) >= 11 is 0. The number of likely N-dealkylation sites (N-methyl/N-ethyl adjacent to an activating group) is 2. The van der Waals surface area contributed by atoms with E-state index in [1.54, 1.807) is 24.1 Å². The molecule has 0 saturated carbocycles. The molecule has 0 bridgehead atoms. The van der Waals surface area contributed by atoms with Crippen molar-refractivity contribution in [2.24, 2.45) is 4.99 Å². The van der Waals surface area contributed by atoms with Gasteiger partial charge in [0.2, 0.25) is 11.7 Å². The SMILES string of the molecule is CN1CCN(CC(=O)N(C)c2ccc(N=C(c3ccccc3)c3c(O)[nH]c4cc(B5OC[C@@]6(O)OC[C@@H](O)[C@@H](O)[C@@H]6O5)ccc34)cc2)CC1. The van der Waals surface area contributed by atoms with E-state index in [1.807, 2.05) is 60.7 Å². The predicted octanol–water partition coefficient (Wildman–Crippen LogP) is 0.804. The highest BCUT2D eigenvalue weighted by Gasteiger charge is 2.55. The van der Waals surface area contributed by atoms with Gasteiger partial charge in [-0.25, -0.2) is 4.99 Å². The fraction of sp³-hybridized carbons (Fsp3) is 0.371. The number of benzene rings is 3. The molecule has 0 unspecified atom stereocenters. The molecule has 4 aromatic rings. The van der Waals surface area contributed by atoms with Crippen LogP contribution in [0, 0.1) is 0 Å². The molecule has 1 amide bonds. The van der Waals surface area contributed by atoms with Gasteiger partial charge in [0.05, 0.1) is 36.7 Å². The summed E-state index contributed by atoms with van der Waals surface area (Å²) in [6.07, 6.45) is -3.80. The molecular formula is C35H40BN5O8. The van der Waals surface area contributed by atoms with E-state index in [0.717, 1.165) is 37.4 Å². The molecule has 5 N–H and O–H groups in total. The first kappa shape index (κ1) is 33.4. The maximum atomic E-state index is 13.0. The molecule has 0 aliphatic carbocycles. The Balaban J connectivity index is 1.15. The largest absolute Gasteiger partial charge is 0.494 e. The molecule has 13 nitrogen and oxygen atoms in total. The van der Waals surface area contributed by atoms with Crippen LogP contribution >= 0.6 is 0 Å². The van der Waals surface area contributed by atoms with E-state index in [-0.39, 0.29) is 25.0 Å². The van der Waals surface area contributed by atoms with Gasteiger partial charge in [0.1, 0.15) is 18.3 Å². The van der Waals surface area contributed by atoms with Crippen molar-refractivity contribution in [1.29, 1.82) is 0 Å². The van der Waals surface area contributed by atoms with Crippen LogP contribution in [0.2, 0.25) is 0 Å². The lowest BCUT2D eigenvalue weighted by molar-refractivity contribution is -0.338. The first-order valence-corrected chi connectivity index (χ1v) is 16.4. The van der Waals surface area contributed by atoms with E-state index in [0.29, 0.717) is 39.9 Å². The zero-order valence-corrected chi connectivity index (χ0v) is 27.4. The quantitative estimate of drug-likeness (QED) is 0.141. The van der Waals surface area contributed by atoms with Crippen molar-refractivity contribution in [3.8, 4) is 5.88 Å². The molecule has 3 fully saturated rings. The van der Waals surface area contributed by atoms with Crippen molar-refractivity contribution in [1.82, 2.24) is 14.8 Å². The Morgan fingerprint density at radius 2 is 1.80 bits per heavy atom. The standard InChI is InChI=1S/C35H40BN5O8/c1-39-14-16-41(17-15-39)19-29(43)40(2)25-11-9-24(10-12-25)37-31(22-6-4-3-5-7-22)30-26-13-8-23(18-27(26)38-34(30)45)36-48-21-35(46)33(49-36)32(44)28(42)20-47-35/h3-13,18,28,32-33,38,42,44-46H,14-17,19-21H2,1-2H3/t28-,32-,33+,35-/m1/s1. The molecule has 4 heterocycles. The smallest absolute Gasteiger partial charge is 0.494 e. The number of aliphatic hydroxyl groups excluding tert-OH is 2. The van der Waals surface area contributed by atoms with E-state index >= 15 is 0 Å². The number of aliphatic imine (C=N–C) groups is 1. The van der Waals surface area contributed by atoms with Crippen molar-refractivity contribution in [2.45, 2.75) is 24.1 Å². The summed E-state index contributed by atoms with van der Waals surface area (Å²) in [7, 11) is 2.90. The number of nitrogens with one attached hydrogen (secondary N) is 1. The molecule has 3 aromatic carbocycles. The Hall–Kier alpha value is -4.12. The number of hydrogen-bond donors (Lipinski definition) is 5. The summed E-state index contributed by atoms with van der Waals surface area (Å²) < 4.78 is 17.0. The Morgan fingerprint density at radius 3 is 2.53 bits per heavy atom. The van der Waals surface area contributed by atoms with E-state index in [1.165, 1.54) is 0 Å². The highest BCUT2D eigenvalue weighted by atomic mass is 16.7. The third kappa shape index (κ3) is 6.74. The van der Waals surface area contributed by atoms with Crippen molar-refractivity contribution in [3.63, 3.8) is 0 Å². The van der Waals surface area contributed by atoms with Gasteiger partial charge in [-0.05, 0) is 42.8 Å². The number of carbonyl (C=O) groups is 1. The fourth-order valence-electron chi connectivity index (χ4n) is 6.51. The van der Waals surface area contributed by atoms with Crippen LogP contribution in [0.25, 0.3) is 10.9 Å². The predicted molar refractivity (Wildman–Crippen MR) is 185 cm³/mol. The molecule has 0 spiro atoms. The maximum Gasteiger partial charge on any atom is 0.494 e. The molecular weight excluding hydrogens is 629 g/mol. The summed E-state index contributed by atoms with van der Waals surface area (Å²) in [4.78, 5) is 27.2. The summed E-state index contributed by atoms with van der Waals surface area (Å²) in [5.41, 5.74) is 4.36. The van der Waals surface area contributed by atoms with E-state index in [4.69, 9.17) is 19.0 Å². The summed E-state index contributed by atoms with van der Waals surface area (Å²) in [6.45, 7) is 3.48. The van der Waals surface area contributed by atoms with Crippen molar-refractivity contribution in [2.75, 3.05) is 64.9 Å². The van der Waals surface area contributed by atoms with E-state index < -0.39 is 31.2 Å². The number of H-pyrrole nitrogens is 1. The lowest BCUT2D eigenvalue weighted by atomic mass is 9.75. The van der Waals surface area contributed by atoms with Gasteiger partial charge in [-0.2, -0.15) is 0 Å². The van der Waals surface area contributed by atoms with Crippen LogP contribution in [0.15, 0.2) is 77.8 Å². The molecule has 256 valence electrons. The molecule has 49 heavy (non-hydrogen) atoms. The Kier molecular flexibility index (Phi) is 9.30. The number of amides is 1. The highest BCUT2D eigenvalue weighted by Crippen LogP contribution is 2.34. The molecule has 3 aliphatic heterocycles. The van der Waals surface area contributed by atoms with Gasteiger partial charge in [0.25, 0.3) is 0 Å². The number of anilines is 1. The number of aromatic hydroxyl groups is 1. The minimum absolute atomic E-state index is 0.0226. The van der Waals surface area contributed by atoms with Crippen LogP contribution in [0.3, 0.4) is 0 Å². The number of aromatic amines is 1. The lowest BCUT2D eigenvalue weighted by Crippen LogP contribution is -2.69. The number of fused-ring (bicyclic) bond motifs is 2. The number of nitrogens with zero attached hydrogens (tertiary/aromatic N) is 4. The fourth-order valence-corrected chi connectivity index (χ4v) is 6.51. The Labute approximate surface area is 284 Å². The first-order chi connectivity index (χ1) is 23.6.